The van der Waals surface area contributed by atoms with Crippen LogP contribution in [0.3, 0.4) is 0 Å². The number of fused-ring (bicyclic) bond motifs is 1. The molecule has 0 bridgehead atoms. The Morgan fingerprint density at radius 2 is 1.89 bits per heavy atom. The second kappa shape index (κ2) is 12.1. The van der Waals surface area contributed by atoms with Crippen LogP contribution in [0.25, 0.3) is 11.0 Å². The highest BCUT2D eigenvalue weighted by Crippen LogP contribution is 2.19. The largest absolute Gasteiger partial charge is 1.00 e. The number of carboxylic acids is 1. The molecular formula is C21H26ClIN8O5. The molecule has 0 aliphatic heterocycles. The summed E-state index contributed by atoms with van der Waals surface area (Å²) in [5.74, 6) is -1.92. The monoisotopic (exact) mass is 632 g/mol. The number of aliphatic hydroxyl groups excluding tert-OH is 1. The first-order valence-electron chi connectivity index (χ1n) is 10.6. The number of halogens is 2. The van der Waals surface area contributed by atoms with Gasteiger partial charge in [-0.05, 0) is 19.1 Å². The zero-order valence-electron chi connectivity index (χ0n) is 19.5. The van der Waals surface area contributed by atoms with E-state index in [0.717, 1.165) is 5.52 Å². The zero-order chi connectivity index (χ0) is 25.9. The molecule has 0 radical (unpaired) electrons. The van der Waals surface area contributed by atoms with Gasteiger partial charge in [0.05, 0.1) is 13.6 Å². The van der Waals surface area contributed by atoms with E-state index in [-0.39, 0.29) is 71.6 Å². The molecule has 36 heavy (non-hydrogen) atoms. The van der Waals surface area contributed by atoms with Crippen LogP contribution < -0.4 is 50.6 Å². The van der Waals surface area contributed by atoms with Crippen molar-refractivity contribution in [3.63, 3.8) is 0 Å². The fourth-order valence-electron chi connectivity index (χ4n) is 3.67. The van der Waals surface area contributed by atoms with Crippen LogP contribution in [0.5, 0.6) is 0 Å². The van der Waals surface area contributed by atoms with E-state index < -0.39 is 23.8 Å². The number of aliphatic carboxylic acids is 1. The summed E-state index contributed by atoms with van der Waals surface area (Å²) in [5, 5.41) is 23.3. The van der Waals surface area contributed by atoms with Crippen molar-refractivity contribution < 1.29 is 53.1 Å². The molecule has 1 unspecified atom stereocenters. The lowest BCUT2D eigenvalue weighted by Crippen LogP contribution is -3.00. The number of carboxylic acid groups (broad SMARTS) is 1. The van der Waals surface area contributed by atoms with Crippen LogP contribution in [0.4, 0.5) is 11.6 Å². The van der Waals surface area contributed by atoms with Gasteiger partial charge < -0.3 is 56.3 Å². The van der Waals surface area contributed by atoms with Crippen LogP contribution in [0.2, 0.25) is 5.15 Å². The number of nitrogens with two attached hydrogens (primary N) is 2. The summed E-state index contributed by atoms with van der Waals surface area (Å²) in [4.78, 5) is 44.3. The van der Waals surface area contributed by atoms with Crippen LogP contribution in [0.1, 0.15) is 40.0 Å². The van der Waals surface area contributed by atoms with Crippen LogP contribution in [0.15, 0.2) is 18.2 Å². The molecule has 0 aliphatic carbocycles. The maximum Gasteiger partial charge on any atom is 0.326 e. The molecule has 2 amide bonds. The number of nitrogen functional groups attached to an aromatic ring is 2. The summed E-state index contributed by atoms with van der Waals surface area (Å²) in [6.45, 7) is 2.15. The number of hydrogen-bond donors (Lipinski definition) is 6. The van der Waals surface area contributed by atoms with E-state index in [1.807, 2.05) is 23.1 Å². The van der Waals surface area contributed by atoms with Crippen molar-refractivity contribution >= 4 is 52.1 Å². The lowest BCUT2D eigenvalue weighted by Gasteiger charge is -2.13. The third-order valence-corrected chi connectivity index (χ3v) is 5.73. The van der Waals surface area contributed by atoms with Gasteiger partial charge in [0, 0.05) is 24.7 Å². The normalized spacial score (nSPS) is 11.6. The maximum absolute atomic E-state index is 12.7. The van der Waals surface area contributed by atoms with Crippen molar-refractivity contribution in [2.45, 2.75) is 32.5 Å². The number of nitrogens with zero attached hydrogens (tertiary/aromatic N) is 4. The highest BCUT2D eigenvalue weighted by Gasteiger charge is 2.26. The van der Waals surface area contributed by atoms with Gasteiger partial charge in [0.2, 0.25) is 0 Å². The molecule has 0 saturated carbocycles. The standard InChI is InChI=1S/C21H25ClN8O5.HI/c1-3-30-13-8-10(19(32)26-11(6-7-31)21(34)35)4-5-12(13)29(2)14(30)9-25-20(33)15-17(23)28-18(24)16(22)27-15;/h4-5,8,11,31H,3,6-7,9H2,1-2H3,(H6-,23,24,25,26,28,32,33,34,35);1H. The summed E-state index contributed by atoms with van der Waals surface area (Å²) in [6, 6.07) is 3.73. The number of carbonyl (C=O) groups excluding carboxylic acids is 2. The zero-order valence-corrected chi connectivity index (χ0v) is 22.4. The summed E-state index contributed by atoms with van der Waals surface area (Å²) >= 11 is 5.86. The Balaban J connectivity index is 0.00000456. The lowest BCUT2D eigenvalue weighted by atomic mass is 10.1. The van der Waals surface area contributed by atoms with Gasteiger partial charge in [-0.25, -0.2) is 23.9 Å². The van der Waals surface area contributed by atoms with Crippen LogP contribution in [-0.2, 0) is 24.9 Å². The number of anilines is 2. The first kappa shape index (κ1) is 29.0. The number of carbonyl (C=O) groups is 3. The van der Waals surface area contributed by atoms with E-state index in [0.29, 0.717) is 17.9 Å². The van der Waals surface area contributed by atoms with Gasteiger partial charge in [-0.3, -0.25) is 9.59 Å². The Labute approximate surface area is 227 Å². The van der Waals surface area contributed by atoms with E-state index in [2.05, 4.69) is 20.6 Å². The molecule has 13 nitrogen and oxygen atoms in total. The number of rotatable bonds is 9. The number of hydrogen-bond acceptors (Lipinski definition) is 8. The van der Waals surface area contributed by atoms with E-state index in [4.69, 9.17) is 28.2 Å². The second-order valence-electron chi connectivity index (χ2n) is 7.62. The van der Waals surface area contributed by atoms with Crippen LogP contribution in [0, 0.1) is 0 Å². The van der Waals surface area contributed by atoms with Crippen molar-refractivity contribution in [2.24, 2.45) is 7.05 Å². The third kappa shape index (κ3) is 5.93. The fourth-order valence-corrected chi connectivity index (χ4v) is 3.80. The summed E-state index contributed by atoms with van der Waals surface area (Å²) < 4.78 is 3.76. The predicted molar refractivity (Wildman–Crippen MR) is 126 cm³/mol. The van der Waals surface area contributed by atoms with Gasteiger partial charge in [0.1, 0.15) is 12.6 Å². The molecule has 0 aliphatic rings. The van der Waals surface area contributed by atoms with E-state index in [1.165, 1.54) is 0 Å². The minimum absolute atomic E-state index is 0. The highest BCUT2D eigenvalue weighted by atomic mass is 127. The average Bonchev–Trinajstić information content (AvgIpc) is 3.09. The summed E-state index contributed by atoms with van der Waals surface area (Å²) in [5.41, 5.74) is 12.9. The molecule has 2 heterocycles. The Morgan fingerprint density at radius 3 is 2.50 bits per heavy atom. The van der Waals surface area contributed by atoms with Crippen LogP contribution in [-0.4, -0.2) is 55.2 Å². The second-order valence-corrected chi connectivity index (χ2v) is 7.97. The molecule has 194 valence electrons. The number of nitrogens with one attached hydrogen (secondary N) is 2. The maximum atomic E-state index is 12.7. The van der Waals surface area contributed by atoms with Gasteiger partial charge in [0.25, 0.3) is 17.6 Å². The smallest absolute Gasteiger partial charge is 0.326 e. The van der Waals surface area contributed by atoms with Crippen molar-refractivity contribution in [3.8, 4) is 0 Å². The number of benzene rings is 1. The van der Waals surface area contributed by atoms with E-state index in [1.54, 1.807) is 18.2 Å². The molecular weight excluding hydrogens is 607 g/mol. The fraction of sp³-hybridized carbons (Fsp3) is 0.333. The summed E-state index contributed by atoms with van der Waals surface area (Å²) in [7, 11) is 1.81. The quantitative estimate of drug-likeness (QED) is 0.103. The van der Waals surface area contributed by atoms with Gasteiger partial charge in [0.15, 0.2) is 33.5 Å². The van der Waals surface area contributed by atoms with Gasteiger partial charge in [-0.1, -0.05) is 11.6 Å². The van der Waals surface area contributed by atoms with Crippen molar-refractivity contribution in [1.82, 2.24) is 25.2 Å². The minimum atomic E-state index is -1.23. The lowest BCUT2D eigenvalue weighted by molar-refractivity contribution is -0.654. The minimum Gasteiger partial charge on any atom is -1.00 e. The van der Waals surface area contributed by atoms with E-state index in [9.17, 15) is 19.5 Å². The number of aliphatic hydroxyl groups is 1. The third-order valence-electron chi connectivity index (χ3n) is 5.45. The first-order chi connectivity index (χ1) is 16.6. The Hall–Kier alpha value is -3.24. The van der Waals surface area contributed by atoms with Gasteiger partial charge in [-0.2, -0.15) is 0 Å². The molecule has 0 fully saturated rings. The highest BCUT2D eigenvalue weighted by molar-refractivity contribution is 6.31. The Morgan fingerprint density at radius 1 is 1.19 bits per heavy atom. The average molecular weight is 633 g/mol. The number of imidazole rings is 1. The molecule has 0 spiro atoms. The molecule has 2 aromatic heterocycles. The molecule has 0 saturated heterocycles. The summed E-state index contributed by atoms with van der Waals surface area (Å²) in [6.07, 6.45) is -0.110. The molecule has 8 N–H and O–H groups in total. The number of amides is 2. The number of aryl methyl sites for hydroxylation is 2. The van der Waals surface area contributed by atoms with Gasteiger partial charge >= 0.3 is 5.97 Å². The molecule has 3 aromatic rings. The molecule has 1 atom stereocenters. The van der Waals surface area contributed by atoms with Gasteiger partial charge in [-0.15, -0.1) is 0 Å². The Kier molecular flexibility index (Phi) is 9.77. The SMILES string of the molecule is CCn1c(CNC(=O)c2nc(Cl)c(N)nc2N)[n+](C)c2ccc(C(=O)NC(CCO)C(=O)O)cc21.[I-]. The van der Waals surface area contributed by atoms with Crippen molar-refractivity contribution in [1.29, 1.82) is 0 Å². The molecule has 15 heteroatoms. The Bertz CT molecular complexity index is 1320. The molecule has 3 rings (SSSR count). The molecule has 1 aromatic carbocycles. The number of aromatic nitrogens is 4. The van der Waals surface area contributed by atoms with Crippen molar-refractivity contribution in [3.05, 3.63) is 40.4 Å². The van der Waals surface area contributed by atoms with Crippen molar-refractivity contribution in [2.75, 3.05) is 18.1 Å². The van der Waals surface area contributed by atoms with Crippen LogP contribution >= 0.6 is 11.6 Å². The predicted octanol–water partition coefficient (Wildman–Crippen LogP) is -3.41. The first-order valence-corrected chi connectivity index (χ1v) is 11.0. The van der Waals surface area contributed by atoms with E-state index >= 15 is 0 Å². The topological polar surface area (TPSA) is 202 Å².